The largest absolute Gasteiger partial charge is 0.534 e. The van der Waals surface area contributed by atoms with Gasteiger partial charge in [-0.2, -0.15) is 0 Å². The van der Waals surface area contributed by atoms with E-state index in [1.54, 1.807) is 13.8 Å². The summed E-state index contributed by atoms with van der Waals surface area (Å²) in [6.45, 7) is 3.42. The smallest absolute Gasteiger partial charge is 0.436 e. The molecule has 0 aromatic heterocycles. The quantitative estimate of drug-likeness (QED) is 0.232. The summed E-state index contributed by atoms with van der Waals surface area (Å²) in [6.07, 6.45) is -0.795. The van der Waals surface area contributed by atoms with Gasteiger partial charge in [-0.3, -0.25) is 4.84 Å². The molecule has 0 aliphatic heterocycles. The van der Waals surface area contributed by atoms with Crippen LogP contribution in [0.15, 0.2) is 5.16 Å². The van der Waals surface area contributed by atoms with E-state index in [1.807, 2.05) is 0 Å². The third kappa shape index (κ3) is 4.80. The number of methoxy groups -OCH3 is 1. The number of ether oxygens (including phenoxy) is 1. The first kappa shape index (κ1) is 7.94. The molecule has 0 saturated heterocycles. The van der Waals surface area contributed by atoms with E-state index in [9.17, 15) is 4.79 Å². The van der Waals surface area contributed by atoms with E-state index in [1.165, 1.54) is 7.11 Å². The lowest BCUT2D eigenvalue weighted by atomic mass is 10.5. The molecule has 0 atom stereocenters. The van der Waals surface area contributed by atoms with Crippen LogP contribution in [0.3, 0.4) is 0 Å². The molecule has 9 heavy (non-hydrogen) atoms. The fraction of sp³-hybridized carbons (Fsp3) is 0.600. The molecule has 0 bridgehead atoms. The molecule has 0 aromatic rings. The van der Waals surface area contributed by atoms with Crippen LogP contribution in [0, 0.1) is 0 Å². The first-order valence-electron chi connectivity index (χ1n) is 2.43. The predicted molar refractivity (Wildman–Crippen MR) is 32.3 cm³/mol. The molecule has 4 heteroatoms. The van der Waals surface area contributed by atoms with Gasteiger partial charge in [0.25, 0.3) is 0 Å². The minimum Gasteiger partial charge on any atom is -0.436 e. The molecule has 0 fully saturated rings. The molecule has 4 nitrogen and oxygen atoms in total. The van der Waals surface area contributed by atoms with Gasteiger partial charge in [0, 0.05) is 0 Å². The van der Waals surface area contributed by atoms with Crippen molar-refractivity contribution in [1.29, 1.82) is 0 Å². The molecule has 0 radical (unpaired) electrons. The normalized spacial score (nSPS) is 7.89. The second-order valence-corrected chi connectivity index (χ2v) is 1.58. The second kappa shape index (κ2) is 3.88. The molecule has 0 unspecified atom stereocenters. The van der Waals surface area contributed by atoms with Crippen LogP contribution in [0.25, 0.3) is 0 Å². The van der Waals surface area contributed by atoms with Gasteiger partial charge in [0.05, 0.1) is 12.8 Å². The molecule has 0 heterocycles. The van der Waals surface area contributed by atoms with Crippen LogP contribution < -0.4 is 0 Å². The number of carbonyl (C=O) groups excluding carboxylic acids is 1. The van der Waals surface area contributed by atoms with Gasteiger partial charge in [-0.25, -0.2) is 4.79 Å². The summed E-state index contributed by atoms with van der Waals surface area (Å²) in [5.74, 6) is 0. The van der Waals surface area contributed by atoms with Crippen molar-refractivity contribution in [2.24, 2.45) is 5.16 Å². The molecule has 52 valence electrons. The van der Waals surface area contributed by atoms with Gasteiger partial charge in [-0.15, -0.1) is 0 Å². The first-order valence-corrected chi connectivity index (χ1v) is 2.43. The standard InChI is InChI=1S/C5H9NO3/c1-4(2)6-9-5(7)8-3/h1-3H3. The molecule has 0 N–H and O–H groups in total. The third-order valence-corrected chi connectivity index (χ3v) is 0.469. The Hall–Kier alpha value is -1.06. The van der Waals surface area contributed by atoms with E-state index in [0.29, 0.717) is 5.71 Å². The Balaban J connectivity index is 3.50. The summed E-state index contributed by atoms with van der Waals surface area (Å²) in [6, 6.07) is 0. The van der Waals surface area contributed by atoms with E-state index < -0.39 is 6.16 Å². The van der Waals surface area contributed by atoms with Crippen molar-refractivity contribution in [3.63, 3.8) is 0 Å². The van der Waals surface area contributed by atoms with E-state index >= 15 is 0 Å². The van der Waals surface area contributed by atoms with Gasteiger partial charge in [0.2, 0.25) is 0 Å². The number of hydrogen-bond donors (Lipinski definition) is 0. The maximum atomic E-state index is 10.2. The van der Waals surface area contributed by atoms with E-state index in [-0.39, 0.29) is 0 Å². The van der Waals surface area contributed by atoms with E-state index in [4.69, 9.17) is 0 Å². The molecule has 0 rings (SSSR count). The summed E-state index contributed by atoms with van der Waals surface area (Å²) >= 11 is 0. The summed E-state index contributed by atoms with van der Waals surface area (Å²) in [7, 11) is 1.23. The summed E-state index contributed by atoms with van der Waals surface area (Å²) in [5, 5.41) is 3.34. The average molecular weight is 131 g/mol. The maximum absolute atomic E-state index is 10.2. The zero-order valence-electron chi connectivity index (χ0n) is 5.67. The van der Waals surface area contributed by atoms with Crippen LogP contribution in [0.2, 0.25) is 0 Å². The lowest BCUT2D eigenvalue weighted by Gasteiger charge is -1.92. The van der Waals surface area contributed by atoms with E-state index in [2.05, 4.69) is 14.7 Å². The monoisotopic (exact) mass is 131 g/mol. The van der Waals surface area contributed by atoms with Crippen LogP contribution in [-0.4, -0.2) is 19.0 Å². The third-order valence-electron chi connectivity index (χ3n) is 0.469. The second-order valence-electron chi connectivity index (χ2n) is 1.58. The SMILES string of the molecule is COC(=O)ON=C(C)C. The highest BCUT2D eigenvalue weighted by Gasteiger charge is 1.95. The van der Waals surface area contributed by atoms with Crippen LogP contribution in [-0.2, 0) is 9.57 Å². The van der Waals surface area contributed by atoms with Crippen molar-refractivity contribution in [1.82, 2.24) is 0 Å². The van der Waals surface area contributed by atoms with Gasteiger partial charge < -0.3 is 4.74 Å². The van der Waals surface area contributed by atoms with Gasteiger partial charge >= 0.3 is 6.16 Å². The highest BCUT2D eigenvalue weighted by molar-refractivity contribution is 5.79. The highest BCUT2D eigenvalue weighted by Crippen LogP contribution is 1.83. The lowest BCUT2D eigenvalue weighted by Crippen LogP contribution is -1.99. The molecule has 0 aliphatic rings. The van der Waals surface area contributed by atoms with Crippen molar-refractivity contribution in [2.45, 2.75) is 13.8 Å². The van der Waals surface area contributed by atoms with Crippen molar-refractivity contribution in [3.8, 4) is 0 Å². The number of rotatable bonds is 1. The van der Waals surface area contributed by atoms with Gasteiger partial charge in [0.15, 0.2) is 0 Å². The molecular weight excluding hydrogens is 122 g/mol. The summed E-state index contributed by atoms with van der Waals surface area (Å²) < 4.78 is 4.13. The lowest BCUT2D eigenvalue weighted by molar-refractivity contribution is 0.0752. The molecule has 0 spiro atoms. The van der Waals surface area contributed by atoms with Gasteiger partial charge in [0.1, 0.15) is 0 Å². The Morgan fingerprint density at radius 1 is 1.44 bits per heavy atom. The van der Waals surface area contributed by atoms with Crippen LogP contribution in [0.4, 0.5) is 4.79 Å². The van der Waals surface area contributed by atoms with E-state index in [0.717, 1.165) is 0 Å². The molecule has 0 saturated carbocycles. The zero-order valence-corrected chi connectivity index (χ0v) is 5.67. The fourth-order valence-corrected chi connectivity index (χ4v) is 0.166. The minimum atomic E-state index is -0.795. The number of carbonyl (C=O) groups is 1. The molecule has 0 aliphatic carbocycles. The highest BCUT2D eigenvalue weighted by atomic mass is 16.8. The number of nitrogens with zero attached hydrogens (tertiary/aromatic N) is 1. The Morgan fingerprint density at radius 2 is 2.00 bits per heavy atom. The Labute approximate surface area is 53.4 Å². The summed E-state index contributed by atoms with van der Waals surface area (Å²) in [4.78, 5) is 14.3. The Morgan fingerprint density at radius 3 is 2.33 bits per heavy atom. The minimum absolute atomic E-state index is 0.667. The predicted octanol–water partition coefficient (Wildman–Crippen LogP) is 1.17. The molecule has 0 aromatic carbocycles. The van der Waals surface area contributed by atoms with Gasteiger partial charge in [-0.1, -0.05) is 5.16 Å². The Bertz CT molecular complexity index is 126. The Kier molecular flexibility index (Phi) is 3.43. The van der Waals surface area contributed by atoms with Crippen molar-refractivity contribution in [3.05, 3.63) is 0 Å². The fourth-order valence-electron chi connectivity index (χ4n) is 0.166. The first-order chi connectivity index (χ1) is 4.16. The molecule has 0 amide bonds. The average Bonchev–Trinajstić information content (AvgIpc) is 1.83. The van der Waals surface area contributed by atoms with Crippen LogP contribution in [0.5, 0.6) is 0 Å². The number of hydrogen-bond acceptors (Lipinski definition) is 4. The van der Waals surface area contributed by atoms with Gasteiger partial charge in [-0.05, 0) is 13.8 Å². The van der Waals surface area contributed by atoms with Crippen molar-refractivity contribution in [2.75, 3.05) is 7.11 Å². The van der Waals surface area contributed by atoms with Crippen LogP contribution >= 0.6 is 0 Å². The zero-order chi connectivity index (χ0) is 7.28. The maximum Gasteiger partial charge on any atom is 0.534 e. The van der Waals surface area contributed by atoms with Crippen molar-refractivity contribution >= 4 is 11.9 Å². The summed E-state index contributed by atoms with van der Waals surface area (Å²) in [5.41, 5.74) is 0.667. The molecular formula is C5H9NO3. The van der Waals surface area contributed by atoms with Crippen molar-refractivity contribution < 1.29 is 14.4 Å². The number of oxime groups is 1. The topological polar surface area (TPSA) is 47.9 Å². The van der Waals surface area contributed by atoms with Crippen LogP contribution in [0.1, 0.15) is 13.8 Å².